The van der Waals surface area contributed by atoms with E-state index in [1.54, 1.807) is 0 Å². The van der Waals surface area contributed by atoms with Gasteiger partial charge in [0.2, 0.25) is 0 Å². The second-order valence-corrected chi connectivity index (χ2v) is 5.33. The van der Waals surface area contributed by atoms with Crippen LogP contribution in [0.2, 0.25) is 0 Å². The molecule has 2 atom stereocenters. The number of benzene rings is 1. The van der Waals surface area contributed by atoms with Crippen LogP contribution in [0.5, 0.6) is 0 Å². The Kier molecular flexibility index (Phi) is 3.55. The van der Waals surface area contributed by atoms with Gasteiger partial charge >= 0.3 is 0 Å². The monoisotopic (exact) mass is 233 g/mol. The van der Waals surface area contributed by atoms with E-state index in [1.807, 2.05) is 0 Å². The molecule has 2 heteroatoms. The zero-order valence-electron chi connectivity index (χ0n) is 11.3. The lowest BCUT2D eigenvalue weighted by atomic mass is 9.95. The van der Waals surface area contributed by atoms with Crippen molar-refractivity contribution in [2.24, 2.45) is 0 Å². The SMILES string of the molecule is CCC1(C)CNCC(c2cccc(C)c2C)O1. The first-order chi connectivity index (χ1) is 8.06. The molecule has 1 saturated heterocycles. The highest BCUT2D eigenvalue weighted by Gasteiger charge is 2.32. The lowest BCUT2D eigenvalue weighted by Crippen LogP contribution is -2.48. The molecule has 0 saturated carbocycles. The van der Waals surface area contributed by atoms with Crippen LogP contribution in [0.4, 0.5) is 0 Å². The van der Waals surface area contributed by atoms with Crippen LogP contribution < -0.4 is 5.32 Å². The lowest BCUT2D eigenvalue weighted by molar-refractivity contribution is -0.109. The van der Waals surface area contributed by atoms with Crippen LogP contribution in [0.1, 0.15) is 43.1 Å². The van der Waals surface area contributed by atoms with E-state index in [2.05, 4.69) is 51.2 Å². The minimum absolute atomic E-state index is 0.0287. The molecular weight excluding hydrogens is 210 g/mol. The van der Waals surface area contributed by atoms with E-state index in [-0.39, 0.29) is 11.7 Å². The Bertz CT molecular complexity index is 402. The summed E-state index contributed by atoms with van der Waals surface area (Å²) in [5, 5.41) is 3.50. The van der Waals surface area contributed by atoms with Crippen molar-refractivity contribution in [3.05, 3.63) is 34.9 Å². The van der Waals surface area contributed by atoms with Gasteiger partial charge in [-0.1, -0.05) is 25.1 Å². The summed E-state index contributed by atoms with van der Waals surface area (Å²) in [6, 6.07) is 6.48. The molecule has 0 radical (unpaired) electrons. The fourth-order valence-electron chi connectivity index (χ4n) is 2.40. The van der Waals surface area contributed by atoms with Gasteiger partial charge in [-0.2, -0.15) is 0 Å². The average Bonchev–Trinajstić information content (AvgIpc) is 2.33. The zero-order chi connectivity index (χ0) is 12.5. The first-order valence-electron chi connectivity index (χ1n) is 6.50. The molecular formula is C15H23NO. The third-order valence-electron chi connectivity index (χ3n) is 4.00. The molecule has 1 aliphatic rings. The molecule has 1 aromatic carbocycles. The standard InChI is InChI=1S/C15H23NO/c1-5-15(4)10-16-9-14(17-15)13-8-6-7-11(2)12(13)3/h6-8,14,16H,5,9-10H2,1-4H3. The largest absolute Gasteiger partial charge is 0.365 e. The molecule has 94 valence electrons. The minimum Gasteiger partial charge on any atom is -0.365 e. The molecule has 2 unspecified atom stereocenters. The quantitative estimate of drug-likeness (QED) is 0.847. The van der Waals surface area contributed by atoms with Gasteiger partial charge in [0.05, 0.1) is 11.7 Å². The van der Waals surface area contributed by atoms with Crippen LogP contribution in [0, 0.1) is 13.8 Å². The van der Waals surface area contributed by atoms with Crippen LogP contribution >= 0.6 is 0 Å². The molecule has 1 N–H and O–H groups in total. The second-order valence-electron chi connectivity index (χ2n) is 5.33. The molecule has 0 bridgehead atoms. The maximum Gasteiger partial charge on any atom is 0.0959 e. The molecule has 1 fully saturated rings. The summed E-state index contributed by atoms with van der Waals surface area (Å²) in [7, 11) is 0. The Morgan fingerprint density at radius 3 is 2.88 bits per heavy atom. The summed E-state index contributed by atoms with van der Waals surface area (Å²) in [4.78, 5) is 0. The predicted octanol–water partition coefficient (Wildman–Crippen LogP) is 3.13. The summed E-state index contributed by atoms with van der Waals surface area (Å²) in [6.07, 6.45) is 1.23. The van der Waals surface area contributed by atoms with Crippen LogP contribution in [0.3, 0.4) is 0 Å². The average molecular weight is 233 g/mol. The first-order valence-corrected chi connectivity index (χ1v) is 6.50. The van der Waals surface area contributed by atoms with Gasteiger partial charge < -0.3 is 10.1 Å². The van der Waals surface area contributed by atoms with Gasteiger partial charge in [-0.05, 0) is 43.9 Å². The van der Waals surface area contributed by atoms with Crippen LogP contribution in [0.15, 0.2) is 18.2 Å². The predicted molar refractivity (Wildman–Crippen MR) is 71.3 cm³/mol. The first kappa shape index (κ1) is 12.6. The maximum atomic E-state index is 6.28. The third kappa shape index (κ3) is 2.53. The Hall–Kier alpha value is -0.860. The summed E-state index contributed by atoms with van der Waals surface area (Å²) < 4.78 is 6.28. The van der Waals surface area contributed by atoms with Crippen molar-refractivity contribution < 1.29 is 4.74 Å². The molecule has 1 aromatic rings. The van der Waals surface area contributed by atoms with Gasteiger partial charge in [-0.3, -0.25) is 0 Å². The molecule has 1 heterocycles. The molecule has 0 aromatic heterocycles. The molecule has 1 aliphatic heterocycles. The number of rotatable bonds is 2. The van der Waals surface area contributed by atoms with Crippen molar-refractivity contribution in [3.8, 4) is 0 Å². The van der Waals surface area contributed by atoms with Crippen LogP contribution in [-0.4, -0.2) is 18.7 Å². The Morgan fingerprint density at radius 2 is 2.18 bits per heavy atom. The van der Waals surface area contributed by atoms with Gasteiger partial charge in [-0.15, -0.1) is 0 Å². The molecule has 0 aliphatic carbocycles. The summed E-state index contributed by atoms with van der Waals surface area (Å²) in [6.45, 7) is 10.6. The number of aryl methyl sites for hydroxylation is 1. The normalized spacial score (nSPS) is 29.3. The van der Waals surface area contributed by atoms with E-state index >= 15 is 0 Å². The zero-order valence-corrected chi connectivity index (χ0v) is 11.3. The lowest BCUT2D eigenvalue weighted by Gasteiger charge is -2.39. The highest BCUT2D eigenvalue weighted by molar-refractivity contribution is 5.35. The summed E-state index contributed by atoms with van der Waals surface area (Å²) in [5.41, 5.74) is 4.01. The van der Waals surface area contributed by atoms with Crippen molar-refractivity contribution in [2.75, 3.05) is 13.1 Å². The number of nitrogens with one attached hydrogen (secondary N) is 1. The van der Waals surface area contributed by atoms with E-state index in [4.69, 9.17) is 4.74 Å². The number of hydrogen-bond acceptors (Lipinski definition) is 2. The molecule has 0 spiro atoms. The van der Waals surface area contributed by atoms with Crippen molar-refractivity contribution in [3.63, 3.8) is 0 Å². The van der Waals surface area contributed by atoms with E-state index in [0.717, 1.165) is 19.5 Å². The van der Waals surface area contributed by atoms with Gasteiger partial charge in [-0.25, -0.2) is 0 Å². The van der Waals surface area contributed by atoms with E-state index in [1.165, 1.54) is 16.7 Å². The fourth-order valence-corrected chi connectivity index (χ4v) is 2.40. The fraction of sp³-hybridized carbons (Fsp3) is 0.600. The molecule has 2 rings (SSSR count). The van der Waals surface area contributed by atoms with Gasteiger partial charge in [0.15, 0.2) is 0 Å². The van der Waals surface area contributed by atoms with E-state index in [9.17, 15) is 0 Å². The van der Waals surface area contributed by atoms with Gasteiger partial charge in [0.25, 0.3) is 0 Å². The van der Waals surface area contributed by atoms with Crippen molar-refractivity contribution in [2.45, 2.75) is 45.8 Å². The Morgan fingerprint density at radius 1 is 1.41 bits per heavy atom. The topological polar surface area (TPSA) is 21.3 Å². The highest BCUT2D eigenvalue weighted by atomic mass is 16.5. The van der Waals surface area contributed by atoms with Crippen molar-refractivity contribution in [1.29, 1.82) is 0 Å². The van der Waals surface area contributed by atoms with Gasteiger partial charge in [0.1, 0.15) is 0 Å². The molecule has 17 heavy (non-hydrogen) atoms. The Labute approximate surface area is 104 Å². The highest BCUT2D eigenvalue weighted by Crippen LogP contribution is 2.31. The number of hydrogen-bond donors (Lipinski definition) is 1. The van der Waals surface area contributed by atoms with Crippen molar-refractivity contribution >= 4 is 0 Å². The second kappa shape index (κ2) is 4.79. The van der Waals surface area contributed by atoms with E-state index < -0.39 is 0 Å². The van der Waals surface area contributed by atoms with Crippen LogP contribution in [-0.2, 0) is 4.74 Å². The van der Waals surface area contributed by atoms with Crippen molar-refractivity contribution in [1.82, 2.24) is 5.32 Å². The van der Waals surface area contributed by atoms with E-state index in [0.29, 0.717) is 0 Å². The molecule has 2 nitrogen and oxygen atoms in total. The van der Waals surface area contributed by atoms with Gasteiger partial charge in [0, 0.05) is 13.1 Å². The summed E-state index contributed by atoms with van der Waals surface area (Å²) >= 11 is 0. The maximum absolute atomic E-state index is 6.28. The summed E-state index contributed by atoms with van der Waals surface area (Å²) in [5.74, 6) is 0. The minimum atomic E-state index is -0.0287. The number of ether oxygens (including phenoxy) is 1. The van der Waals surface area contributed by atoms with Crippen LogP contribution in [0.25, 0.3) is 0 Å². The Balaban J connectivity index is 2.25. The smallest absolute Gasteiger partial charge is 0.0959 e. The molecule has 0 amide bonds. The number of morpholine rings is 1. The third-order valence-corrected chi connectivity index (χ3v) is 4.00.